The van der Waals surface area contributed by atoms with Crippen LogP contribution in [0.2, 0.25) is 0 Å². The molecule has 0 spiro atoms. The molecule has 0 saturated heterocycles. The number of Topliss-reactive ketones (excluding diaryl/α,β-unsaturated/α-hetero) is 1. The molecule has 120 valence electrons. The average molecular weight is 386 g/mol. The number of ether oxygens (including phenoxy) is 2. The van der Waals surface area contributed by atoms with E-state index in [1.54, 1.807) is 6.92 Å². The molecule has 0 radical (unpaired) electrons. The molecule has 0 aromatic rings. The SMILES string of the molecule is COC1(OC)C2(Cl)C(Cl)=C(Cl)C1(Cl)[C@@H]1C(=O)C(C)=CC(=O)[C@H]12. The van der Waals surface area contributed by atoms with E-state index in [0.29, 0.717) is 5.57 Å². The number of methoxy groups -OCH3 is 2. The van der Waals surface area contributed by atoms with Crippen LogP contribution < -0.4 is 0 Å². The van der Waals surface area contributed by atoms with Gasteiger partial charge in [-0.25, -0.2) is 0 Å². The largest absolute Gasteiger partial charge is 0.350 e. The van der Waals surface area contributed by atoms with Crippen molar-refractivity contribution in [2.75, 3.05) is 14.2 Å². The van der Waals surface area contributed by atoms with Crippen LogP contribution in [0.25, 0.3) is 0 Å². The number of fused-ring (bicyclic) bond motifs is 5. The molecule has 4 atom stereocenters. The highest BCUT2D eigenvalue weighted by atomic mass is 35.5. The van der Waals surface area contributed by atoms with E-state index in [1.807, 2.05) is 0 Å². The summed E-state index contributed by atoms with van der Waals surface area (Å²) in [6.07, 6.45) is 1.25. The van der Waals surface area contributed by atoms with Gasteiger partial charge in [0.2, 0.25) is 5.79 Å². The molecule has 1 fully saturated rings. The summed E-state index contributed by atoms with van der Waals surface area (Å²) >= 11 is 26.1. The molecule has 3 rings (SSSR count). The molecule has 0 amide bonds. The molecule has 4 nitrogen and oxygen atoms in total. The number of hydrogen-bond acceptors (Lipinski definition) is 4. The molecule has 0 aromatic carbocycles. The van der Waals surface area contributed by atoms with Gasteiger partial charge in [-0.3, -0.25) is 9.59 Å². The minimum Gasteiger partial charge on any atom is -0.350 e. The quantitative estimate of drug-likeness (QED) is 0.541. The second-order valence-electron chi connectivity index (χ2n) is 5.63. The van der Waals surface area contributed by atoms with Crippen molar-refractivity contribution < 1.29 is 19.1 Å². The van der Waals surface area contributed by atoms with Gasteiger partial charge >= 0.3 is 0 Å². The smallest absolute Gasteiger partial charge is 0.218 e. The van der Waals surface area contributed by atoms with E-state index in [-0.39, 0.29) is 21.6 Å². The molecule has 3 aliphatic rings. The molecule has 8 heteroatoms. The van der Waals surface area contributed by atoms with Gasteiger partial charge in [0, 0.05) is 14.2 Å². The Balaban J connectivity index is 2.39. The molecule has 2 bridgehead atoms. The topological polar surface area (TPSA) is 52.6 Å². The maximum atomic E-state index is 12.7. The minimum absolute atomic E-state index is 0.0216. The van der Waals surface area contributed by atoms with Gasteiger partial charge in [0.1, 0.15) is 9.75 Å². The van der Waals surface area contributed by atoms with Crippen molar-refractivity contribution in [1.82, 2.24) is 0 Å². The third-order valence-corrected chi connectivity index (χ3v) is 7.50. The standard InChI is InChI=1S/C14H12Cl4O4/c1-5-4-6(19)7-8(9(5)20)13(18)11(16)10(15)12(7,17)14(13,21-2)22-3/h4,7-8H,1-3H3/t7-,8+,12?,13?/m1/s1. The first kappa shape index (κ1) is 16.7. The normalized spacial score (nSPS) is 42.8. The maximum Gasteiger partial charge on any atom is 0.218 e. The number of rotatable bonds is 2. The molecular weight excluding hydrogens is 374 g/mol. The van der Waals surface area contributed by atoms with Crippen molar-refractivity contribution in [3.8, 4) is 0 Å². The van der Waals surface area contributed by atoms with Crippen LogP contribution in [0.4, 0.5) is 0 Å². The first-order valence-corrected chi connectivity index (χ1v) is 7.97. The monoisotopic (exact) mass is 384 g/mol. The Morgan fingerprint density at radius 1 is 1.00 bits per heavy atom. The fourth-order valence-corrected chi connectivity index (χ4v) is 6.19. The Bertz CT molecular complexity index is 666. The number of alkyl halides is 2. The van der Waals surface area contributed by atoms with Crippen LogP contribution in [0.3, 0.4) is 0 Å². The highest BCUT2D eigenvalue weighted by molar-refractivity contribution is 6.53. The van der Waals surface area contributed by atoms with Crippen molar-refractivity contribution >= 4 is 58.0 Å². The van der Waals surface area contributed by atoms with Gasteiger partial charge in [-0.1, -0.05) is 23.2 Å². The Kier molecular flexibility index (Phi) is 3.59. The summed E-state index contributed by atoms with van der Waals surface area (Å²) in [4.78, 5) is 21.9. The molecule has 0 aromatic heterocycles. The van der Waals surface area contributed by atoms with Crippen LogP contribution in [0, 0.1) is 11.8 Å². The zero-order valence-corrected chi connectivity index (χ0v) is 14.9. The Labute approximate surface area is 147 Å². The summed E-state index contributed by atoms with van der Waals surface area (Å²) in [5.74, 6) is -4.39. The molecule has 0 heterocycles. The number of halogens is 4. The summed E-state index contributed by atoms with van der Waals surface area (Å²) in [7, 11) is 2.65. The molecule has 1 saturated carbocycles. The molecule has 3 aliphatic carbocycles. The summed E-state index contributed by atoms with van der Waals surface area (Å²) in [5, 5.41) is -0.0449. The number of carbonyl (C=O) groups is 2. The average Bonchev–Trinajstić information content (AvgIpc) is 2.73. The lowest BCUT2D eigenvalue weighted by atomic mass is 9.72. The van der Waals surface area contributed by atoms with Gasteiger partial charge in [-0.15, -0.1) is 23.2 Å². The second kappa shape index (κ2) is 4.71. The van der Waals surface area contributed by atoms with Gasteiger partial charge in [0.05, 0.1) is 21.9 Å². The van der Waals surface area contributed by atoms with E-state index in [0.717, 1.165) is 0 Å². The fourth-order valence-electron chi connectivity index (χ4n) is 4.00. The van der Waals surface area contributed by atoms with Gasteiger partial charge in [-0.05, 0) is 18.6 Å². The number of ketones is 2. The zero-order chi connectivity index (χ0) is 16.7. The van der Waals surface area contributed by atoms with E-state index >= 15 is 0 Å². The number of allylic oxidation sites excluding steroid dienone is 2. The Morgan fingerprint density at radius 3 is 1.91 bits per heavy atom. The summed E-state index contributed by atoms with van der Waals surface area (Å²) < 4.78 is 11.0. The highest BCUT2D eigenvalue weighted by Gasteiger charge is 2.87. The summed E-state index contributed by atoms with van der Waals surface area (Å²) in [5.41, 5.74) is 0.292. The summed E-state index contributed by atoms with van der Waals surface area (Å²) in [6.45, 7) is 1.55. The lowest BCUT2D eigenvalue weighted by Crippen LogP contribution is -2.58. The van der Waals surface area contributed by atoms with Crippen molar-refractivity contribution in [1.29, 1.82) is 0 Å². The molecular formula is C14H12Cl4O4. The first-order valence-electron chi connectivity index (χ1n) is 6.45. The molecule has 0 aliphatic heterocycles. The third-order valence-electron chi connectivity index (χ3n) is 4.89. The Hall–Kier alpha value is -0.100. The second-order valence-corrected chi connectivity index (χ2v) is 7.57. The number of carbonyl (C=O) groups excluding carboxylic acids is 2. The van der Waals surface area contributed by atoms with Crippen molar-refractivity contribution in [3.63, 3.8) is 0 Å². The number of hydrogen-bond donors (Lipinski definition) is 0. The predicted octanol–water partition coefficient (Wildman–Crippen LogP) is 2.98. The molecule has 0 N–H and O–H groups in total. The van der Waals surface area contributed by atoms with E-state index < -0.39 is 27.4 Å². The van der Waals surface area contributed by atoms with E-state index in [2.05, 4.69) is 0 Å². The molecule has 22 heavy (non-hydrogen) atoms. The lowest BCUT2D eigenvalue weighted by molar-refractivity contribution is -0.220. The van der Waals surface area contributed by atoms with Crippen LogP contribution in [0.1, 0.15) is 6.92 Å². The van der Waals surface area contributed by atoms with Crippen molar-refractivity contribution in [3.05, 3.63) is 21.7 Å². The fraction of sp³-hybridized carbons (Fsp3) is 0.571. The van der Waals surface area contributed by atoms with Crippen LogP contribution >= 0.6 is 46.4 Å². The van der Waals surface area contributed by atoms with E-state index in [9.17, 15) is 9.59 Å². The van der Waals surface area contributed by atoms with Gasteiger partial charge in [-0.2, -0.15) is 0 Å². The maximum absolute atomic E-state index is 12.7. The zero-order valence-electron chi connectivity index (χ0n) is 11.9. The van der Waals surface area contributed by atoms with Crippen LogP contribution in [0.15, 0.2) is 21.7 Å². The van der Waals surface area contributed by atoms with Crippen LogP contribution in [-0.4, -0.2) is 41.3 Å². The molecule has 2 unspecified atom stereocenters. The van der Waals surface area contributed by atoms with E-state index in [1.165, 1.54) is 20.3 Å². The van der Waals surface area contributed by atoms with Crippen molar-refractivity contribution in [2.45, 2.75) is 22.5 Å². The van der Waals surface area contributed by atoms with Crippen LogP contribution in [0.5, 0.6) is 0 Å². The highest BCUT2D eigenvalue weighted by Crippen LogP contribution is 2.74. The van der Waals surface area contributed by atoms with Gasteiger partial charge in [0.15, 0.2) is 11.6 Å². The van der Waals surface area contributed by atoms with Gasteiger partial charge < -0.3 is 9.47 Å². The minimum atomic E-state index is -1.73. The van der Waals surface area contributed by atoms with Gasteiger partial charge in [0.25, 0.3) is 0 Å². The third kappa shape index (κ3) is 1.38. The predicted molar refractivity (Wildman–Crippen MR) is 83.4 cm³/mol. The lowest BCUT2D eigenvalue weighted by Gasteiger charge is -2.40. The van der Waals surface area contributed by atoms with Crippen LogP contribution in [-0.2, 0) is 19.1 Å². The first-order chi connectivity index (χ1) is 10.1. The van der Waals surface area contributed by atoms with E-state index in [4.69, 9.17) is 55.9 Å². The Morgan fingerprint density at radius 2 is 1.45 bits per heavy atom. The summed E-state index contributed by atoms with van der Waals surface area (Å²) in [6, 6.07) is 0. The van der Waals surface area contributed by atoms with Crippen molar-refractivity contribution in [2.24, 2.45) is 11.8 Å².